The fraction of sp³-hybridized carbons (Fsp3) is 1.00. The Hall–Kier alpha value is 0. The lowest BCUT2D eigenvalue weighted by Crippen LogP contribution is -2.34. The predicted octanol–water partition coefficient (Wildman–Crippen LogP) is 8.02. The van der Waals surface area contributed by atoms with E-state index in [1.807, 2.05) is 0 Å². The SMILES string of the molecule is CC1CC(C)C2C3CC(C(C)C3C)C12.CCC1C(C)C2CC1C1C(C)CC(C)C21. The first-order valence-electron chi connectivity index (χ1n) is 13.8. The number of rotatable bonds is 1. The van der Waals surface area contributed by atoms with Gasteiger partial charge in [-0.05, 0) is 120 Å². The van der Waals surface area contributed by atoms with Gasteiger partial charge in [0.1, 0.15) is 0 Å². The summed E-state index contributed by atoms with van der Waals surface area (Å²) in [5.74, 6) is 17.1. The van der Waals surface area contributed by atoms with Crippen LogP contribution < -0.4 is 0 Å². The molecule has 0 aromatic heterocycles. The molecule has 0 amide bonds. The number of hydrogen-bond acceptors (Lipinski definition) is 0. The lowest BCUT2D eigenvalue weighted by molar-refractivity contribution is 0.0913. The zero-order valence-corrected chi connectivity index (χ0v) is 20.8. The third-order valence-corrected chi connectivity index (χ3v) is 12.6. The Labute approximate surface area is 182 Å². The van der Waals surface area contributed by atoms with Crippen molar-refractivity contribution in [1.29, 1.82) is 0 Å². The molecule has 6 aliphatic carbocycles. The summed E-state index contributed by atoms with van der Waals surface area (Å²) in [5, 5.41) is 0. The van der Waals surface area contributed by atoms with Gasteiger partial charge in [0.15, 0.2) is 0 Å². The van der Waals surface area contributed by atoms with Crippen LogP contribution in [-0.2, 0) is 0 Å². The molecule has 0 heteroatoms. The van der Waals surface area contributed by atoms with Gasteiger partial charge < -0.3 is 0 Å². The first-order chi connectivity index (χ1) is 13.8. The first-order valence-corrected chi connectivity index (χ1v) is 13.8. The van der Waals surface area contributed by atoms with Crippen molar-refractivity contribution in [2.75, 3.05) is 0 Å². The molecule has 0 saturated heterocycles. The van der Waals surface area contributed by atoms with E-state index >= 15 is 0 Å². The van der Waals surface area contributed by atoms with Gasteiger partial charge in [0.2, 0.25) is 0 Å². The summed E-state index contributed by atoms with van der Waals surface area (Å²) in [7, 11) is 0. The molecule has 6 rings (SSSR count). The molecular formula is C29H50. The van der Waals surface area contributed by atoms with Gasteiger partial charge in [-0.15, -0.1) is 0 Å². The second kappa shape index (κ2) is 7.27. The van der Waals surface area contributed by atoms with Crippen LogP contribution in [0.15, 0.2) is 0 Å². The van der Waals surface area contributed by atoms with Crippen LogP contribution in [0.25, 0.3) is 0 Å². The van der Waals surface area contributed by atoms with E-state index < -0.39 is 0 Å². The summed E-state index contributed by atoms with van der Waals surface area (Å²) in [6, 6.07) is 0. The van der Waals surface area contributed by atoms with Crippen LogP contribution in [0.3, 0.4) is 0 Å². The molecule has 0 aromatic rings. The molecule has 0 spiro atoms. The van der Waals surface area contributed by atoms with Crippen LogP contribution in [0.4, 0.5) is 0 Å². The average molecular weight is 399 g/mol. The highest BCUT2D eigenvalue weighted by atomic mass is 14.7. The highest BCUT2D eigenvalue weighted by Gasteiger charge is 2.61. The summed E-state index contributed by atoms with van der Waals surface area (Å²) in [6.07, 6.45) is 7.63. The molecule has 29 heavy (non-hydrogen) atoms. The van der Waals surface area contributed by atoms with Crippen LogP contribution >= 0.6 is 0 Å². The van der Waals surface area contributed by atoms with Gasteiger partial charge in [0.25, 0.3) is 0 Å². The summed E-state index contributed by atoms with van der Waals surface area (Å²) >= 11 is 0. The van der Waals surface area contributed by atoms with E-state index in [0.717, 1.165) is 94.7 Å². The summed E-state index contributed by atoms with van der Waals surface area (Å²) in [4.78, 5) is 0. The summed E-state index contributed by atoms with van der Waals surface area (Å²) in [6.45, 7) is 20.1. The molecule has 0 aliphatic heterocycles. The van der Waals surface area contributed by atoms with Crippen LogP contribution in [0, 0.1) is 94.7 Å². The maximum absolute atomic E-state index is 2.55. The van der Waals surface area contributed by atoms with Crippen molar-refractivity contribution < 1.29 is 0 Å². The molecule has 0 nitrogen and oxygen atoms in total. The molecular weight excluding hydrogens is 348 g/mol. The van der Waals surface area contributed by atoms with Crippen molar-refractivity contribution in [3.63, 3.8) is 0 Å². The molecule has 0 heterocycles. The van der Waals surface area contributed by atoms with Crippen molar-refractivity contribution in [2.45, 2.75) is 87.5 Å². The molecule has 0 radical (unpaired) electrons. The zero-order valence-electron chi connectivity index (χ0n) is 20.8. The van der Waals surface area contributed by atoms with Gasteiger partial charge in [-0.2, -0.15) is 0 Å². The third kappa shape index (κ3) is 2.81. The largest absolute Gasteiger partial charge is 0.0651 e. The topological polar surface area (TPSA) is 0 Å². The molecule has 4 bridgehead atoms. The minimum absolute atomic E-state index is 1.02. The maximum Gasteiger partial charge on any atom is -0.0323 e. The third-order valence-electron chi connectivity index (χ3n) is 12.6. The summed E-state index contributed by atoms with van der Waals surface area (Å²) in [5.41, 5.74) is 0. The second-order valence-corrected chi connectivity index (χ2v) is 13.5. The Morgan fingerprint density at radius 1 is 0.448 bits per heavy atom. The minimum atomic E-state index is 1.02. The van der Waals surface area contributed by atoms with Crippen LogP contribution in [-0.4, -0.2) is 0 Å². The van der Waals surface area contributed by atoms with Gasteiger partial charge in [-0.3, -0.25) is 0 Å². The van der Waals surface area contributed by atoms with Crippen LogP contribution in [0.2, 0.25) is 0 Å². The first kappa shape index (κ1) is 20.9. The molecule has 0 N–H and O–H groups in total. The van der Waals surface area contributed by atoms with Gasteiger partial charge in [-0.25, -0.2) is 0 Å². The Morgan fingerprint density at radius 2 is 0.793 bits per heavy atom. The molecule has 0 aromatic carbocycles. The van der Waals surface area contributed by atoms with E-state index in [4.69, 9.17) is 0 Å². The van der Waals surface area contributed by atoms with E-state index in [-0.39, 0.29) is 0 Å². The number of hydrogen-bond donors (Lipinski definition) is 0. The molecule has 6 aliphatic rings. The van der Waals surface area contributed by atoms with Crippen molar-refractivity contribution in [3.8, 4) is 0 Å². The number of fused-ring (bicyclic) bond motifs is 10. The van der Waals surface area contributed by atoms with E-state index in [9.17, 15) is 0 Å². The Balaban J connectivity index is 0.000000125. The molecule has 6 fully saturated rings. The Bertz CT molecular complexity index is 583. The van der Waals surface area contributed by atoms with Crippen molar-refractivity contribution in [1.82, 2.24) is 0 Å². The Morgan fingerprint density at radius 3 is 1.21 bits per heavy atom. The molecule has 16 unspecified atom stereocenters. The van der Waals surface area contributed by atoms with Crippen molar-refractivity contribution in [3.05, 3.63) is 0 Å². The second-order valence-electron chi connectivity index (χ2n) is 13.5. The maximum atomic E-state index is 2.55. The quantitative estimate of drug-likeness (QED) is 0.419. The lowest BCUT2D eigenvalue weighted by atomic mass is 9.66. The van der Waals surface area contributed by atoms with Gasteiger partial charge in [0.05, 0.1) is 0 Å². The van der Waals surface area contributed by atoms with E-state index in [1.165, 1.54) is 19.3 Å². The standard InChI is InChI=1S/C15H26.C14H24/c1-5-11-10(4)12-7-13(11)15-9(3)6-8(2)14(12)15;1-7-5-8(2)14-12-6-11(13(7)14)9(3)10(12)4/h8-15H,5-7H2,1-4H3;7-14H,5-6H2,1-4H3. The molecule has 166 valence electrons. The van der Waals surface area contributed by atoms with E-state index in [0.29, 0.717) is 0 Å². The predicted molar refractivity (Wildman–Crippen MR) is 124 cm³/mol. The van der Waals surface area contributed by atoms with Crippen molar-refractivity contribution in [2.24, 2.45) is 94.7 Å². The van der Waals surface area contributed by atoms with Gasteiger partial charge >= 0.3 is 0 Å². The summed E-state index contributed by atoms with van der Waals surface area (Å²) < 4.78 is 0. The lowest BCUT2D eigenvalue weighted by Gasteiger charge is -2.38. The van der Waals surface area contributed by atoms with Gasteiger partial charge in [-0.1, -0.05) is 61.8 Å². The van der Waals surface area contributed by atoms with Crippen LogP contribution in [0.5, 0.6) is 0 Å². The Kier molecular flexibility index (Phi) is 5.23. The normalized spacial score (nSPS) is 64.1. The highest BCUT2D eigenvalue weighted by Crippen LogP contribution is 2.67. The van der Waals surface area contributed by atoms with E-state index in [2.05, 4.69) is 55.4 Å². The minimum Gasteiger partial charge on any atom is -0.0651 e. The molecule has 16 atom stereocenters. The van der Waals surface area contributed by atoms with Gasteiger partial charge in [0, 0.05) is 0 Å². The average Bonchev–Trinajstić information content (AvgIpc) is 3.46. The van der Waals surface area contributed by atoms with E-state index in [1.54, 1.807) is 12.8 Å². The molecule has 6 saturated carbocycles. The van der Waals surface area contributed by atoms with Crippen LogP contribution in [0.1, 0.15) is 87.5 Å². The van der Waals surface area contributed by atoms with Crippen molar-refractivity contribution >= 4 is 0 Å². The smallest absolute Gasteiger partial charge is 0.0323 e. The fourth-order valence-electron chi connectivity index (χ4n) is 11.7. The fourth-order valence-corrected chi connectivity index (χ4v) is 11.7. The highest BCUT2D eigenvalue weighted by molar-refractivity contribution is 5.09. The zero-order chi connectivity index (χ0) is 20.8. The monoisotopic (exact) mass is 398 g/mol.